The fourth-order valence-electron chi connectivity index (χ4n) is 2.14. The molecule has 1 aliphatic rings. The van der Waals surface area contributed by atoms with Gasteiger partial charge in [0.15, 0.2) is 0 Å². The molecule has 1 aromatic rings. The van der Waals surface area contributed by atoms with Gasteiger partial charge in [0.2, 0.25) is 0 Å². The van der Waals surface area contributed by atoms with E-state index < -0.39 is 6.10 Å². The zero-order chi connectivity index (χ0) is 13.7. The molecule has 1 fully saturated rings. The van der Waals surface area contributed by atoms with E-state index in [1.54, 1.807) is 0 Å². The Morgan fingerprint density at radius 2 is 2.21 bits per heavy atom. The van der Waals surface area contributed by atoms with Crippen LogP contribution < -0.4 is 10.1 Å². The van der Waals surface area contributed by atoms with E-state index in [0.717, 1.165) is 29.5 Å². The van der Waals surface area contributed by atoms with Crippen LogP contribution in [-0.4, -0.2) is 41.6 Å². The lowest BCUT2D eigenvalue weighted by Crippen LogP contribution is -2.56. The number of β-amino-alcohol motifs (C(OH)–C–C–N with tert-alkyl or cyclic N) is 1. The van der Waals surface area contributed by atoms with Gasteiger partial charge in [0.25, 0.3) is 0 Å². The van der Waals surface area contributed by atoms with E-state index in [1.807, 2.05) is 24.3 Å². The highest BCUT2D eigenvalue weighted by Gasteiger charge is 2.35. The number of aliphatic hydroxyl groups is 2. The number of rotatable bonds is 7. The summed E-state index contributed by atoms with van der Waals surface area (Å²) in [7, 11) is 0. The number of nitrogens with one attached hydrogen (secondary N) is 1. The Labute approximate surface area is 121 Å². The van der Waals surface area contributed by atoms with Crippen LogP contribution in [0.25, 0.3) is 0 Å². The Morgan fingerprint density at radius 1 is 1.42 bits per heavy atom. The molecule has 1 atom stereocenters. The molecule has 3 N–H and O–H groups in total. The number of halogens is 1. The van der Waals surface area contributed by atoms with Crippen molar-refractivity contribution in [1.29, 1.82) is 0 Å². The number of ether oxygens (including phenoxy) is 1. The number of hydrogen-bond acceptors (Lipinski definition) is 4. The molecule has 106 valence electrons. The maximum Gasteiger partial charge on any atom is 0.120 e. The van der Waals surface area contributed by atoms with E-state index in [4.69, 9.17) is 4.74 Å². The molecular weight excluding hydrogens is 310 g/mol. The van der Waals surface area contributed by atoms with Crippen molar-refractivity contribution < 1.29 is 14.9 Å². The molecule has 1 unspecified atom stereocenters. The highest BCUT2D eigenvalue weighted by Crippen LogP contribution is 2.30. The predicted molar refractivity (Wildman–Crippen MR) is 77.3 cm³/mol. The molecule has 4 nitrogen and oxygen atoms in total. The summed E-state index contributed by atoms with van der Waals surface area (Å²) < 4.78 is 6.47. The third-order valence-electron chi connectivity index (χ3n) is 3.56. The quantitative estimate of drug-likeness (QED) is 0.712. The molecule has 5 heteroatoms. The van der Waals surface area contributed by atoms with Crippen LogP contribution in [0.2, 0.25) is 0 Å². The second-order valence-corrected chi connectivity index (χ2v) is 6.01. The normalized spacial score (nSPS) is 18.7. The fraction of sp³-hybridized carbons (Fsp3) is 0.571. The van der Waals surface area contributed by atoms with E-state index >= 15 is 0 Å². The number of hydrogen-bond donors (Lipinski definition) is 3. The molecule has 1 saturated carbocycles. The monoisotopic (exact) mass is 329 g/mol. The standard InChI is InChI=1S/C14H20BrNO3/c15-11-3-1-4-13(7-11)19-9-12(18)8-16-14(10-17)5-2-6-14/h1,3-4,7,12,16-18H,2,5-6,8-10H2. The van der Waals surface area contributed by atoms with Crippen LogP contribution in [0.1, 0.15) is 19.3 Å². The lowest BCUT2D eigenvalue weighted by atomic mass is 9.77. The lowest BCUT2D eigenvalue weighted by Gasteiger charge is -2.41. The average molecular weight is 330 g/mol. The van der Waals surface area contributed by atoms with Gasteiger partial charge in [-0.05, 0) is 37.5 Å². The van der Waals surface area contributed by atoms with Crippen LogP contribution in [0.3, 0.4) is 0 Å². The van der Waals surface area contributed by atoms with Gasteiger partial charge in [-0.2, -0.15) is 0 Å². The summed E-state index contributed by atoms with van der Waals surface area (Å²) in [6.45, 7) is 0.811. The van der Waals surface area contributed by atoms with Crippen molar-refractivity contribution in [2.24, 2.45) is 0 Å². The maximum atomic E-state index is 9.88. The smallest absolute Gasteiger partial charge is 0.120 e. The first-order valence-electron chi connectivity index (χ1n) is 6.56. The molecule has 1 aromatic carbocycles. The summed E-state index contributed by atoms with van der Waals surface area (Å²) in [5.74, 6) is 0.731. The molecule has 0 spiro atoms. The highest BCUT2D eigenvalue weighted by atomic mass is 79.9. The summed E-state index contributed by atoms with van der Waals surface area (Å²) in [5.41, 5.74) is -0.170. The molecule has 19 heavy (non-hydrogen) atoms. The van der Waals surface area contributed by atoms with Crippen molar-refractivity contribution in [3.05, 3.63) is 28.7 Å². The van der Waals surface area contributed by atoms with Crippen molar-refractivity contribution in [2.45, 2.75) is 30.9 Å². The molecule has 0 bridgehead atoms. The SMILES string of the molecule is OCC1(NCC(O)COc2cccc(Br)c2)CCC1. The second-order valence-electron chi connectivity index (χ2n) is 5.10. The zero-order valence-corrected chi connectivity index (χ0v) is 12.4. The van der Waals surface area contributed by atoms with Crippen LogP contribution in [0.15, 0.2) is 28.7 Å². The van der Waals surface area contributed by atoms with Gasteiger partial charge >= 0.3 is 0 Å². The Morgan fingerprint density at radius 3 is 2.79 bits per heavy atom. The zero-order valence-electron chi connectivity index (χ0n) is 10.8. The van der Waals surface area contributed by atoms with Crippen molar-refractivity contribution >= 4 is 15.9 Å². The molecule has 0 aromatic heterocycles. The number of benzene rings is 1. The van der Waals surface area contributed by atoms with E-state index in [9.17, 15) is 10.2 Å². The summed E-state index contributed by atoms with van der Waals surface area (Å²) in [5, 5.41) is 22.4. The van der Waals surface area contributed by atoms with Gasteiger partial charge in [-0.3, -0.25) is 0 Å². The first-order chi connectivity index (χ1) is 9.13. The molecule has 0 saturated heterocycles. The Balaban J connectivity index is 1.71. The van der Waals surface area contributed by atoms with Crippen molar-refractivity contribution in [2.75, 3.05) is 19.8 Å². The van der Waals surface area contributed by atoms with Gasteiger partial charge in [-0.1, -0.05) is 22.0 Å². The Kier molecular flexibility index (Phi) is 5.21. The topological polar surface area (TPSA) is 61.7 Å². The van der Waals surface area contributed by atoms with Gasteiger partial charge in [-0.25, -0.2) is 0 Å². The second kappa shape index (κ2) is 6.70. The minimum atomic E-state index is -0.581. The van der Waals surface area contributed by atoms with Crippen LogP contribution in [0.4, 0.5) is 0 Å². The molecule has 0 heterocycles. The average Bonchev–Trinajstić information content (AvgIpc) is 2.36. The molecular formula is C14H20BrNO3. The molecule has 1 aliphatic carbocycles. The van der Waals surface area contributed by atoms with Crippen LogP contribution in [0, 0.1) is 0 Å². The van der Waals surface area contributed by atoms with E-state index in [1.165, 1.54) is 0 Å². The maximum absolute atomic E-state index is 9.88. The van der Waals surface area contributed by atoms with E-state index in [0.29, 0.717) is 6.54 Å². The first kappa shape index (κ1) is 14.8. The van der Waals surface area contributed by atoms with Gasteiger partial charge < -0.3 is 20.3 Å². The van der Waals surface area contributed by atoms with Crippen molar-refractivity contribution in [3.8, 4) is 5.75 Å². The fourth-order valence-corrected chi connectivity index (χ4v) is 2.52. The first-order valence-corrected chi connectivity index (χ1v) is 7.35. The van der Waals surface area contributed by atoms with E-state index in [-0.39, 0.29) is 18.8 Å². The molecule has 0 aliphatic heterocycles. The summed E-state index contributed by atoms with van der Waals surface area (Å²) in [6.07, 6.45) is 2.51. The van der Waals surface area contributed by atoms with Gasteiger partial charge in [0, 0.05) is 16.6 Å². The molecule has 2 rings (SSSR count). The predicted octanol–water partition coefficient (Wildman–Crippen LogP) is 1.69. The summed E-state index contributed by atoms with van der Waals surface area (Å²) in [4.78, 5) is 0. The third-order valence-corrected chi connectivity index (χ3v) is 4.06. The van der Waals surface area contributed by atoms with Crippen LogP contribution >= 0.6 is 15.9 Å². The van der Waals surface area contributed by atoms with Crippen molar-refractivity contribution in [3.63, 3.8) is 0 Å². The van der Waals surface area contributed by atoms with Gasteiger partial charge in [-0.15, -0.1) is 0 Å². The van der Waals surface area contributed by atoms with Crippen molar-refractivity contribution in [1.82, 2.24) is 5.32 Å². The summed E-state index contributed by atoms with van der Waals surface area (Å²) in [6, 6.07) is 7.53. The third kappa shape index (κ3) is 4.18. The number of aliphatic hydroxyl groups excluding tert-OH is 2. The van der Waals surface area contributed by atoms with E-state index in [2.05, 4.69) is 21.2 Å². The Bertz CT molecular complexity index is 404. The lowest BCUT2D eigenvalue weighted by molar-refractivity contribution is 0.0540. The molecule has 0 amide bonds. The Hall–Kier alpha value is -0.620. The minimum absolute atomic E-state index is 0.131. The van der Waals surface area contributed by atoms with Crippen LogP contribution in [-0.2, 0) is 0 Å². The summed E-state index contributed by atoms with van der Waals surface area (Å²) >= 11 is 3.37. The van der Waals surface area contributed by atoms with Gasteiger partial charge in [0.05, 0.1) is 6.61 Å². The molecule has 0 radical (unpaired) electrons. The largest absolute Gasteiger partial charge is 0.491 e. The van der Waals surface area contributed by atoms with Crippen LogP contribution in [0.5, 0.6) is 5.75 Å². The van der Waals surface area contributed by atoms with Gasteiger partial charge in [0.1, 0.15) is 18.5 Å². The highest BCUT2D eigenvalue weighted by molar-refractivity contribution is 9.10. The minimum Gasteiger partial charge on any atom is -0.491 e.